The minimum absolute atomic E-state index is 0.0596. The first-order chi connectivity index (χ1) is 8.13. The van der Waals surface area contributed by atoms with E-state index in [4.69, 9.17) is 0 Å². The molecule has 0 amide bonds. The van der Waals surface area contributed by atoms with E-state index in [0.29, 0.717) is 0 Å². The Kier molecular flexibility index (Phi) is 6.45. The summed E-state index contributed by atoms with van der Waals surface area (Å²) in [6.45, 7) is 12.6. The van der Waals surface area contributed by atoms with Crippen LogP contribution in [-0.4, -0.2) is 49.3 Å². The van der Waals surface area contributed by atoms with Crippen LogP contribution in [0.15, 0.2) is 0 Å². The molecule has 0 bridgehead atoms. The molecule has 1 fully saturated rings. The number of aliphatic hydroxyl groups is 1. The molecule has 1 heterocycles. The van der Waals surface area contributed by atoms with E-state index in [1.54, 1.807) is 0 Å². The summed E-state index contributed by atoms with van der Waals surface area (Å²) in [7, 11) is 0. The quantitative estimate of drug-likeness (QED) is 0.713. The van der Waals surface area contributed by atoms with Crippen molar-refractivity contribution in [3.8, 4) is 0 Å². The Morgan fingerprint density at radius 3 is 2.41 bits per heavy atom. The molecule has 2 N–H and O–H groups in total. The van der Waals surface area contributed by atoms with E-state index < -0.39 is 0 Å². The minimum atomic E-state index is 0.0596. The maximum absolute atomic E-state index is 9.34. The lowest BCUT2D eigenvalue weighted by atomic mass is 9.88. The zero-order valence-electron chi connectivity index (χ0n) is 11.8. The van der Waals surface area contributed by atoms with Gasteiger partial charge in [0.15, 0.2) is 0 Å². The highest BCUT2D eigenvalue weighted by Crippen LogP contribution is 2.20. The van der Waals surface area contributed by atoms with Crippen LogP contribution in [0, 0.1) is 11.3 Å². The van der Waals surface area contributed by atoms with Gasteiger partial charge < -0.3 is 15.3 Å². The molecule has 1 unspecified atom stereocenters. The number of piperidine rings is 1. The molecule has 1 aliphatic heterocycles. The topological polar surface area (TPSA) is 35.5 Å². The first-order valence-corrected chi connectivity index (χ1v) is 7.17. The highest BCUT2D eigenvalue weighted by atomic mass is 16.3. The van der Waals surface area contributed by atoms with Crippen molar-refractivity contribution in [3.63, 3.8) is 0 Å². The molecule has 0 aliphatic carbocycles. The molecule has 1 aliphatic rings. The Hall–Kier alpha value is -0.120. The molecule has 3 nitrogen and oxygen atoms in total. The van der Waals surface area contributed by atoms with Gasteiger partial charge in [0.05, 0.1) is 0 Å². The van der Waals surface area contributed by atoms with Gasteiger partial charge in [0.2, 0.25) is 0 Å². The van der Waals surface area contributed by atoms with E-state index >= 15 is 0 Å². The van der Waals surface area contributed by atoms with Crippen molar-refractivity contribution in [3.05, 3.63) is 0 Å². The lowest BCUT2D eigenvalue weighted by Crippen LogP contribution is -2.40. The van der Waals surface area contributed by atoms with Crippen LogP contribution in [-0.2, 0) is 0 Å². The normalized spacial score (nSPS) is 22.6. The fourth-order valence-electron chi connectivity index (χ4n) is 2.38. The second-order valence-electron chi connectivity index (χ2n) is 5.83. The molecule has 102 valence electrons. The molecule has 1 rings (SSSR count). The molecule has 0 radical (unpaired) electrons. The van der Waals surface area contributed by atoms with Crippen molar-refractivity contribution in [1.29, 1.82) is 0 Å². The third-order valence-electron chi connectivity index (χ3n) is 4.37. The minimum Gasteiger partial charge on any atom is -0.396 e. The first-order valence-electron chi connectivity index (χ1n) is 7.17. The van der Waals surface area contributed by atoms with Crippen LogP contribution >= 0.6 is 0 Å². The summed E-state index contributed by atoms with van der Waals surface area (Å²) in [5.41, 5.74) is 0.0596. The van der Waals surface area contributed by atoms with Gasteiger partial charge in [0, 0.05) is 18.6 Å². The SMILES string of the molecule is CCN1CCC(CNCC(C)(CC)CO)CC1. The molecule has 0 saturated carbocycles. The summed E-state index contributed by atoms with van der Waals surface area (Å²) in [5.74, 6) is 0.831. The van der Waals surface area contributed by atoms with E-state index in [1.807, 2.05) is 0 Å². The molecule has 1 atom stereocenters. The zero-order chi connectivity index (χ0) is 12.7. The lowest BCUT2D eigenvalue weighted by molar-refractivity contribution is 0.130. The van der Waals surface area contributed by atoms with Crippen molar-refractivity contribution in [2.75, 3.05) is 39.3 Å². The Morgan fingerprint density at radius 2 is 1.94 bits per heavy atom. The summed E-state index contributed by atoms with van der Waals surface area (Å²) in [4.78, 5) is 2.53. The molecule has 0 aromatic rings. The maximum atomic E-state index is 9.34. The van der Waals surface area contributed by atoms with Gasteiger partial charge in [-0.15, -0.1) is 0 Å². The summed E-state index contributed by atoms with van der Waals surface area (Å²) in [6, 6.07) is 0. The van der Waals surface area contributed by atoms with E-state index in [2.05, 4.69) is 31.0 Å². The number of hydrogen-bond donors (Lipinski definition) is 2. The van der Waals surface area contributed by atoms with Crippen molar-refractivity contribution >= 4 is 0 Å². The number of hydrogen-bond acceptors (Lipinski definition) is 3. The fraction of sp³-hybridized carbons (Fsp3) is 1.00. The largest absolute Gasteiger partial charge is 0.396 e. The second-order valence-corrected chi connectivity index (χ2v) is 5.83. The fourth-order valence-corrected chi connectivity index (χ4v) is 2.38. The highest BCUT2D eigenvalue weighted by molar-refractivity contribution is 4.77. The van der Waals surface area contributed by atoms with Gasteiger partial charge >= 0.3 is 0 Å². The average molecular weight is 242 g/mol. The molecular formula is C14H30N2O. The zero-order valence-corrected chi connectivity index (χ0v) is 11.8. The summed E-state index contributed by atoms with van der Waals surface area (Å²) >= 11 is 0. The van der Waals surface area contributed by atoms with Gasteiger partial charge in [0.1, 0.15) is 0 Å². The average Bonchev–Trinajstić information content (AvgIpc) is 2.39. The van der Waals surface area contributed by atoms with Crippen molar-refractivity contribution < 1.29 is 5.11 Å². The summed E-state index contributed by atoms with van der Waals surface area (Å²) < 4.78 is 0. The summed E-state index contributed by atoms with van der Waals surface area (Å²) in [6.07, 6.45) is 3.68. The molecular weight excluding hydrogens is 212 g/mol. The van der Waals surface area contributed by atoms with E-state index in [0.717, 1.165) is 25.4 Å². The predicted molar refractivity (Wildman–Crippen MR) is 73.2 cm³/mol. The third-order valence-corrected chi connectivity index (χ3v) is 4.37. The Bertz CT molecular complexity index is 196. The van der Waals surface area contributed by atoms with E-state index in [9.17, 15) is 5.11 Å². The van der Waals surface area contributed by atoms with Crippen LogP contribution < -0.4 is 5.32 Å². The van der Waals surface area contributed by atoms with Gasteiger partial charge in [-0.2, -0.15) is 0 Å². The number of likely N-dealkylation sites (tertiary alicyclic amines) is 1. The van der Waals surface area contributed by atoms with Crippen molar-refractivity contribution in [2.24, 2.45) is 11.3 Å². The molecule has 0 aromatic heterocycles. The van der Waals surface area contributed by atoms with Gasteiger partial charge in [0.25, 0.3) is 0 Å². The van der Waals surface area contributed by atoms with Crippen LogP contribution in [0.5, 0.6) is 0 Å². The maximum Gasteiger partial charge on any atom is 0.0496 e. The second kappa shape index (κ2) is 7.34. The van der Waals surface area contributed by atoms with Gasteiger partial charge in [-0.3, -0.25) is 0 Å². The first kappa shape index (κ1) is 14.9. The Labute approximate surface area is 107 Å². The Balaban J connectivity index is 2.15. The predicted octanol–water partition coefficient (Wildman–Crippen LogP) is 1.72. The van der Waals surface area contributed by atoms with Gasteiger partial charge in [-0.1, -0.05) is 20.8 Å². The third kappa shape index (κ3) is 4.94. The number of nitrogens with zero attached hydrogens (tertiary/aromatic N) is 1. The van der Waals surface area contributed by atoms with Gasteiger partial charge in [-0.25, -0.2) is 0 Å². The monoisotopic (exact) mass is 242 g/mol. The summed E-state index contributed by atoms with van der Waals surface area (Å²) in [5, 5.41) is 12.9. The van der Waals surface area contributed by atoms with Crippen molar-refractivity contribution in [2.45, 2.75) is 40.0 Å². The smallest absolute Gasteiger partial charge is 0.0496 e. The molecule has 0 spiro atoms. The van der Waals surface area contributed by atoms with Crippen LogP contribution in [0.1, 0.15) is 40.0 Å². The van der Waals surface area contributed by atoms with Gasteiger partial charge in [-0.05, 0) is 51.4 Å². The molecule has 3 heteroatoms. The van der Waals surface area contributed by atoms with E-state index in [1.165, 1.54) is 32.5 Å². The van der Waals surface area contributed by atoms with Crippen LogP contribution in [0.25, 0.3) is 0 Å². The number of rotatable bonds is 7. The molecule has 1 saturated heterocycles. The van der Waals surface area contributed by atoms with Crippen LogP contribution in [0.3, 0.4) is 0 Å². The lowest BCUT2D eigenvalue weighted by Gasteiger charge is -2.32. The molecule has 0 aromatic carbocycles. The van der Waals surface area contributed by atoms with Crippen molar-refractivity contribution in [1.82, 2.24) is 10.2 Å². The van der Waals surface area contributed by atoms with E-state index in [-0.39, 0.29) is 12.0 Å². The highest BCUT2D eigenvalue weighted by Gasteiger charge is 2.22. The van der Waals surface area contributed by atoms with Crippen LogP contribution in [0.2, 0.25) is 0 Å². The van der Waals surface area contributed by atoms with Crippen LogP contribution in [0.4, 0.5) is 0 Å². The number of nitrogens with one attached hydrogen (secondary N) is 1. The number of aliphatic hydroxyl groups excluding tert-OH is 1. The molecule has 17 heavy (non-hydrogen) atoms. The standard InChI is InChI=1S/C14H30N2O/c1-4-14(3,12-17)11-15-10-13-6-8-16(5-2)9-7-13/h13,15,17H,4-12H2,1-3H3. The Morgan fingerprint density at radius 1 is 1.29 bits per heavy atom.